The Balaban J connectivity index is -0.000000555. The van der Waals surface area contributed by atoms with Crippen LogP contribution in [0.3, 0.4) is 0 Å². The van der Waals surface area contributed by atoms with E-state index in [4.69, 9.17) is 55.6 Å². The Kier molecular flexibility index (Phi) is 57.0. The predicted molar refractivity (Wildman–Crippen MR) is 207 cm³/mol. The van der Waals surface area contributed by atoms with Crippen LogP contribution < -0.4 is 223 Å². The summed E-state index contributed by atoms with van der Waals surface area (Å²) in [6.45, 7) is -4.21. The normalized spacial score (nSPS) is 33.7. The van der Waals surface area contributed by atoms with E-state index in [9.17, 15) is 98.3 Å². The van der Waals surface area contributed by atoms with E-state index >= 15 is 0 Å². The Hall–Kier alpha value is 6.45. The van der Waals surface area contributed by atoms with Crippen molar-refractivity contribution in [2.24, 2.45) is 0 Å². The second kappa shape index (κ2) is 48.2. The topological polar surface area (TPSA) is 633 Å². The van der Waals surface area contributed by atoms with Crippen molar-refractivity contribution in [1.82, 2.24) is 0 Å². The summed E-state index contributed by atoms with van der Waals surface area (Å²) in [6.07, 6.45) is -38.1. The molecule has 20 atom stereocenters. The van der Waals surface area contributed by atoms with Crippen LogP contribution in [0.2, 0.25) is 0 Å². The third kappa shape index (κ3) is 34.0. The molecule has 0 spiro atoms. The molecule has 43 nitrogen and oxygen atoms in total. The average Bonchev–Trinajstić information content (AvgIpc) is 3.33. The summed E-state index contributed by atoms with van der Waals surface area (Å²) >= 11 is -1.41. The zero-order chi connectivity index (χ0) is 57.3. The van der Waals surface area contributed by atoms with E-state index in [0.717, 1.165) is 7.11 Å². The molecule has 0 amide bonds. The maximum Gasteiger partial charge on any atom is 1.00 e. The number of aliphatic hydroxyl groups excluding tert-OH is 7. The van der Waals surface area contributed by atoms with Gasteiger partial charge in [0.15, 0.2) is 74.3 Å². The molecule has 8 unspecified atom stereocenters. The van der Waals surface area contributed by atoms with Crippen LogP contribution in [0.25, 0.3) is 0 Å². The first-order valence-corrected chi connectivity index (χ1v) is 26.8. The van der Waals surface area contributed by atoms with Crippen LogP contribution in [0.15, 0.2) is 0 Å². The molecule has 0 aromatic carbocycles. The van der Waals surface area contributed by atoms with Crippen molar-refractivity contribution in [3.8, 4) is 0 Å². The second-order valence-corrected chi connectivity index (χ2v) is 19.8. The number of methoxy groups -OCH3 is 2. The van der Waals surface area contributed by atoms with Gasteiger partial charge in [0.05, 0.1) is 26.4 Å². The van der Waals surface area contributed by atoms with E-state index in [1.165, 1.54) is 7.11 Å². The first-order valence-electron chi connectivity index (χ1n) is 19.4. The van der Waals surface area contributed by atoms with E-state index in [2.05, 4.69) is 44.8 Å². The van der Waals surface area contributed by atoms with Crippen molar-refractivity contribution < 1.29 is 406 Å². The van der Waals surface area contributed by atoms with Crippen molar-refractivity contribution >= 4 is 78.6 Å². The minimum atomic E-state index is -6.01. The Labute approximate surface area is 638 Å². The quantitative estimate of drug-likeness (QED) is 0.00668. The summed E-state index contributed by atoms with van der Waals surface area (Å²) in [7, 11) is -21.1. The smallest absolute Gasteiger partial charge is 0.726 e. The van der Waals surface area contributed by atoms with Crippen LogP contribution in [0.5, 0.6) is 0 Å². The van der Waals surface area contributed by atoms with Crippen molar-refractivity contribution in [3.05, 3.63) is 0 Å². The molecule has 4 fully saturated rings. The van der Waals surface area contributed by atoms with Gasteiger partial charge in [-0.25, -0.2) is 33.7 Å². The largest absolute Gasteiger partial charge is 1.00 e. The predicted octanol–water partition coefficient (Wildman–Crippen LogP) is -33.1. The van der Waals surface area contributed by atoms with Crippen molar-refractivity contribution in [2.75, 3.05) is 40.6 Å². The zero-order valence-electron chi connectivity index (χ0n) is 44.1. The van der Waals surface area contributed by atoms with Gasteiger partial charge in [-0.05, 0) is 0 Å². The van der Waals surface area contributed by atoms with Crippen molar-refractivity contribution in [2.45, 2.75) is 123 Å². The van der Waals surface area contributed by atoms with Crippen LogP contribution in [-0.2, 0) is 137 Å². The van der Waals surface area contributed by atoms with E-state index in [1.54, 1.807) is 0 Å². The molecule has 0 bridgehead atoms. The third-order valence-corrected chi connectivity index (χ3v) is 12.7. The summed E-state index contributed by atoms with van der Waals surface area (Å²) in [4.78, 5) is 0. The number of hydrogen-bond donors (Lipinski definition) is 7. The third-order valence-electron chi connectivity index (χ3n) is 9.73. The fourth-order valence-corrected chi connectivity index (χ4v) is 9.38. The van der Waals surface area contributed by atoms with Crippen molar-refractivity contribution in [1.29, 1.82) is 0 Å². The SMILES string of the molecule is CO[C@H]1OC(CO)[C@@H](O[C@H]2OC(CO)[C@@H](O)[C@H](O)C2O)[C@H](O)C1O.CO[C@H]1OC(COS(=O)(=O)[O-])[C@@H](O[C@H]2OC(COS(=O)(=O)[O-])[C@@H](OSOO[O-])[C@H](OSOO[O-])C2OS(=O)(=O)[O-])[C@H](OSOO[O-])C1OS(=O)(=O)[O-].[Na+].[Na+].[Na+].[Na+].[Na+].[Na+].[Na+]. The van der Waals surface area contributed by atoms with E-state index < -0.39 is 228 Å². The fourth-order valence-electron chi connectivity index (χ4n) is 6.73. The minimum absolute atomic E-state index is 0. The molecular formula is C26H41Na7O43S7. The molecule has 4 heterocycles. The summed E-state index contributed by atoms with van der Waals surface area (Å²) in [5.74, 6) is 0. The molecule has 0 radical (unpaired) electrons. The second-order valence-electron chi connectivity index (χ2n) is 14.3. The number of rotatable bonds is 30. The van der Waals surface area contributed by atoms with E-state index in [0.29, 0.717) is 0 Å². The van der Waals surface area contributed by atoms with Crippen LogP contribution >= 0.6 is 37.0 Å². The molecule has 4 saturated heterocycles. The maximum atomic E-state index is 11.8. The van der Waals surface area contributed by atoms with Crippen LogP contribution in [0.1, 0.15) is 0 Å². The first kappa shape index (κ1) is 98.1. The monoisotopic (exact) mass is 1430 g/mol. The van der Waals surface area contributed by atoms with Crippen LogP contribution in [0, 0.1) is 0 Å². The van der Waals surface area contributed by atoms with Gasteiger partial charge < -0.3 is 108 Å². The Morgan fingerprint density at radius 3 is 1.14 bits per heavy atom. The van der Waals surface area contributed by atoms with Gasteiger partial charge in [-0.15, -0.1) is 13.0 Å². The van der Waals surface area contributed by atoms with E-state index in [-0.39, 0.29) is 207 Å². The zero-order valence-corrected chi connectivity index (χ0v) is 63.8. The Morgan fingerprint density at radius 1 is 0.398 bits per heavy atom. The molecule has 7 N–H and O–H groups in total. The Morgan fingerprint density at radius 2 is 0.747 bits per heavy atom. The minimum Gasteiger partial charge on any atom is -0.726 e. The van der Waals surface area contributed by atoms with Gasteiger partial charge in [-0.3, -0.25) is 44.4 Å². The summed E-state index contributed by atoms with van der Waals surface area (Å²) in [5.41, 5.74) is 0. The van der Waals surface area contributed by atoms with Gasteiger partial charge in [-0.2, -0.15) is 0 Å². The molecule has 0 aromatic rings. The Bertz CT molecular complexity index is 2160. The van der Waals surface area contributed by atoms with Gasteiger partial charge >= 0.3 is 207 Å². The average molecular weight is 1430 g/mol. The first-order chi connectivity index (χ1) is 35.5. The molecule has 4 aliphatic heterocycles. The summed E-state index contributed by atoms with van der Waals surface area (Å²) in [5, 5.41) is 108. The molecule has 57 heteroatoms. The number of aliphatic hydroxyl groups is 7. The van der Waals surface area contributed by atoms with Gasteiger partial charge in [0.2, 0.25) is 41.6 Å². The number of hydrogen-bond acceptors (Lipinski definition) is 46. The molecular weight excluding hydrogens is 1390 g/mol. The van der Waals surface area contributed by atoms with Gasteiger partial charge in [-0.1, -0.05) is 0 Å². The molecule has 0 aromatic heterocycles. The maximum absolute atomic E-state index is 11.8. The number of ether oxygens (including phenoxy) is 8. The van der Waals surface area contributed by atoms with Gasteiger partial charge in [0.25, 0.3) is 0 Å². The molecule has 0 aliphatic carbocycles. The molecule has 4 aliphatic rings. The van der Waals surface area contributed by atoms with Gasteiger partial charge in [0, 0.05) is 14.2 Å². The molecule has 452 valence electrons. The summed E-state index contributed by atoms with van der Waals surface area (Å²) < 4.78 is 223. The summed E-state index contributed by atoms with van der Waals surface area (Å²) in [6, 6.07) is 0. The van der Waals surface area contributed by atoms with Crippen molar-refractivity contribution in [3.63, 3.8) is 0 Å². The molecule has 0 saturated carbocycles. The van der Waals surface area contributed by atoms with E-state index in [1.807, 2.05) is 0 Å². The molecule has 4 rings (SSSR count). The van der Waals surface area contributed by atoms with Crippen LogP contribution in [0.4, 0.5) is 0 Å². The molecule has 83 heavy (non-hydrogen) atoms. The van der Waals surface area contributed by atoms with Crippen LogP contribution in [-0.4, -0.2) is 251 Å². The van der Waals surface area contributed by atoms with Gasteiger partial charge in [0.1, 0.15) is 85.5 Å². The fraction of sp³-hybridized carbons (Fsp3) is 1.00. The standard InChI is InChI=1S/C13H24O32S7.C13H24O11.7Na/c1-29-12-10(38-51(23,24)25)8(36-47-44-41-15)6(4(32-12)2-30-49(17,18)19)34-13-11(39-52(26,27)28)9(37-48-45-42-16)7(35-46-43-40-14)5(33-13)3-31-50(20,21)22;1-21-12-10(20)8(18)11(5(3-15)23-12)24-13-9(19)7(17)6(16)4(2-14)22-13;;;;;;;/h4-16H,2-3H2,1H3,(H,17,18,19)(H,20,21,22)(H,23,24,25)(H,26,27,28);4-20H,2-3H2,1H3;;;;;;;/q;;7*+1/p-7/t4?,5?,6-,7-,8+,9+,10?,11?,12+,13-;4?,5?,6-,7+,8-,9?,10?,11-,12+,13-;;;;;;;/m11......./s1.